The number of rotatable bonds is 2. The van der Waals surface area contributed by atoms with Crippen LogP contribution in [0.2, 0.25) is 0 Å². The molecule has 0 spiro atoms. The molecule has 0 aromatic carbocycles. The molecule has 3 aliphatic rings. The second-order valence-electron chi connectivity index (χ2n) is 5.78. The number of hydrogen-bond acceptors (Lipinski definition) is 5. The van der Waals surface area contributed by atoms with Crippen molar-refractivity contribution in [2.75, 3.05) is 18.8 Å². The zero-order valence-electron chi connectivity index (χ0n) is 12.9. The van der Waals surface area contributed by atoms with Crippen molar-refractivity contribution in [1.29, 1.82) is 0 Å². The molecule has 128 valence electrons. The van der Waals surface area contributed by atoms with Gasteiger partial charge in [-0.15, -0.1) is 16.8 Å². The van der Waals surface area contributed by atoms with Crippen molar-refractivity contribution in [2.24, 2.45) is 4.40 Å². The van der Waals surface area contributed by atoms with Crippen LogP contribution in [-0.2, 0) is 14.8 Å². The van der Waals surface area contributed by atoms with Gasteiger partial charge in [-0.3, -0.25) is 4.79 Å². The molecule has 0 saturated carbocycles. The molecule has 0 aromatic heterocycles. The highest BCUT2D eigenvalue weighted by atomic mass is 35.5. The van der Waals surface area contributed by atoms with Crippen molar-refractivity contribution in [2.45, 2.75) is 31.8 Å². The Hall–Kier alpha value is -1.38. The molecule has 1 amide bonds. The molecule has 3 rings (SSSR count). The summed E-state index contributed by atoms with van der Waals surface area (Å²) in [6.45, 7) is 3.32. The van der Waals surface area contributed by atoms with E-state index in [2.05, 4.69) is 15.0 Å². The number of hydrogen-bond donors (Lipinski definition) is 2. The zero-order chi connectivity index (χ0) is 15.7. The Bertz CT molecular complexity index is 672. The standard InChI is InChI=1S/C14H20N4O3S.ClH/c1-10-12(5-2-6-15-10)16-14(19)11-4-3-7-18-8-9-22(20,21)17-13(11)18;/h3-4,7,10,12,15H,2,5-6,8-9H2,1H3,(H,16,19);1H. The van der Waals surface area contributed by atoms with Gasteiger partial charge in [-0.25, -0.2) is 8.42 Å². The summed E-state index contributed by atoms with van der Waals surface area (Å²) in [6.07, 6.45) is 7.03. The number of nitrogens with one attached hydrogen (secondary N) is 2. The largest absolute Gasteiger partial charge is 0.348 e. The molecule has 3 aliphatic heterocycles. The average Bonchev–Trinajstić information content (AvgIpc) is 2.48. The number of piperidine rings is 1. The zero-order valence-corrected chi connectivity index (χ0v) is 14.5. The Labute approximate surface area is 142 Å². The van der Waals surface area contributed by atoms with E-state index in [1.165, 1.54) is 0 Å². The van der Waals surface area contributed by atoms with Gasteiger partial charge in [0, 0.05) is 24.8 Å². The number of halogens is 1. The number of carbonyl (C=O) groups excluding carboxylic acids is 1. The molecular weight excluding hydrogens is 340 g/mol. The lowest BCUT2D eigenvalue weighted by molar-refractivity contribution is -0.118. The van der Waals surface area contributed by atoms with Crippen LogP contribution in [0, 0.1) is 0 Å². The van der Waals surface area contributed by atoms with Crippen LogP contribution in [0.25, 0.3) is 0 Å². The van der Waals surface area contributed by atoms with Crippen molar-refractivity contribution < 1.29 is 13.2 Å². The summed E-state index contributed by atoms with van der Waals surface area (Å²) in [4.78, 5) is 14.2. The van der Waals surface area contributed by atoms with Gasteiger partial charge >= 0.3 is 0 Å². The van der Waals surface area contributed by atoms with Crippen LogP contribution in [0.4, 0.5) is 0 Å². The van der Waals surface area contributed by atoms with Crippen molar-refractivity contribution in [3.8, 4) is 0 Å². The minimum Gasteiger partial charge on any atom is -0.348 e. The second kappa shape index (κ2) is 7.02. The van der Waals surface area contributed by atoms with E-state index in [9.17, 15) is 13.2 Å². The fourth-order valence-electron chi connectivity index (χ4n) is 2.88. The Kier molecular flexibility index (Phi) is 5.49. The maximum atomic E-state index is 12.5. The Morgan fingerprint density at radius 1 is 1.48 bits per heavy atom. The fraction of sp³-hybridized carbons (Fsp3) is 0.571. The first-order valence-corrected chi connectivity index (χ1v) is 9.09. The Morgan fingerprint density at radius 3 is 3.00 bits per heavy atom. The van der Waals surface area contributed by atoms with Gasteiger partial charge in [-0.05, 0) is 38.5 Å². The van der Waals surface area contributed by atoms with Crippen LogP contribution in [0.15, 0.2) is 28.3 Å². The average molecular weight is 361 g/mol. The van der Waals surface area contributed by atoms with Crippen LogP contribution in [0.1, 0.15) is 19.8 Å². The first kappa shape index (κ1) is 18.0. The molecule has 1 fully saturated rings. The van der Waals surface area contributed by atoms with Gasteiger partial charge in [0.25, 0.3) is 15.9 Å². The molecule has 2 atom stereocenters. The van der Waals surface area contributed by atoms with Crippen molar-refractivity contribution in [3.05, 3.63) is 23.9 Å². The normalized spacial score (nSPS) is 28.8. The van der Waals surface area contributed by atoms with Crippen LogP contribution >= 0.6 is 12.4 Å². The fourth-order valence-corrected chi connectivity index (χ4v) is 3.87. The van der Waals surface area contributed by atoms with Gasteiger partial charge in [0.05, 0.1) is 11.3 Å². The molecule has 0 radical (unpaired) electrons. The highest BCUT2D eigenvalue weighted by Crippen LogP contribution is 2.18. The second-order valence-corrected chi connectivity index (χ2v) is 7.54. The first-order chi connectivity index (χ1) is 10.5. The van der Waals surface area contributed by atoms with E-state index in [-0.39, 0.29) is 42.0 Å². The molecule has 2 unspecified atom stereocenters. The van der Waals surface area contributed by atoms with Gasteiger partial charge in [-0.2, -0.15) is 0 Å². The van der Waals surface area contributed by atoms with E-state index in [0.717, 1.165) is 19.4 Å². The topological polar surface area (TPSA) is 90.9 Å². The number of nitrogens with zero attached hydrogens (tertiary/aromatic N) is 2. The maximum absolute atomic E-state index is 12.5. The van der Waals surface area contributed by atoms with Crippen LogP contribution in [-0.4, -0.2) is 56.0 Å². The lowest BCUT2D eigenvalue weighted by Gasteiger charge is -2.32. The van der Waals surface area contributed by atoms with E-state index in [1.54, 1.807) is 23.3 Å². The van der Waals surface area contributed by atoms with E-state index in [0.29, 0.717) is 12.1 Å². The van der Waals surface area contributed by atoms with Crippen molar-refractivity contribution >= 4 is 34.2 Å². The monoisotopic (exact) mass is 360 g/mol. The van der Waals surface area contributed by atoms with Gasteiger partial charge in [0.2, 0.25) is 0 Å². The summed E-state index contributed by atoms with van der Waals surface area (Å²) < 4.78 is 27.2. The highest BCUT2D eigenvalue weighted by Gasteiger charge is 2.31. The van der Waals surface area contributed by atoms with Gasteiger partial charge in [0.15, 0.2) is 5.84 Å². The summed E-state index contributed by atoms with van der Waals surface area (Å²) in [6, 6.07) is 0.243. The number of carbonyl (C=O) groups is 1. The van der Waals surface area contributed by atoms with Gasteiger partial charge in [-0.1, -0.05) is 0 Å². The summed E-state index contributed by atoms with van der Waals surface area (Å²) in [5.74, 6) is -0.0762. The number of sulfonamides is 1. The third kappa shape index (κ3) is 3.94. The number of amides is 1. The molecule has 3 heterocycles. The minimum atomic E-state index is -3.48. The maximum Gasteiger partial charge on any atom is 0.256 e. The van der Waals surface area contributed by atoms with E-state index >= 15 is 0 Å². The Balaban J connectivity index is 0.00000192. The molecule has 2 N–H and O–H groups in total. The van der Waals surface area contributed by atoms with E-state index in [4.69, 9.17) is 0 Å². The molecule has 0 aliphatic carbocycles. The number of allylic oxidation sites excluding steroid dienone is 2. The van der Waals surface area contributed by atoms with Crippen molar-refractivity contribution in [3.63, 3.8) is 0 Å². The third-order valence-corrected chi connectivity index (χ3v) is 5.33. The SMILES string of the molecule is CC1NCCCC1NC(=O)C1=CC=CN2CCS(=O)(=O)N=C12.Cl. The minimum absolute atomic E-state index is 0. The summed E-state index contributed by atoms with van der Waals surface area (Å²) in [7, 11) is -3.48. The van der Waals surface area contributed by atoms with E-state index in [1.807, 2.05) is 6.92 Å². The van der Waals surface area contributed by atoms with Gasteiger partial charge in [0.1, 0.15) is 0 Å². The van der Waals surface area contributed by atoms with Gasteiger partial charge < -0.3 is 15.5 Å². The lowest BCUT2D eigenvalue weighted by Crippen LogP contribution is -2.53. The van der Waals surface area contributed by atoms with Crippen LogP contribution in [0.5, 0.6) is 0 Å². The highest BCUT2D eigenvalue weighted by molar-refractivity contribution is 7.90. The molecule has 9 heteroatoms. The molecular formula is C14H21ClN4O3S. The van der Waals surface area contributed by atoms with Crippen LogP contribution in [0.3, 0.4) is 0 Å². The molecule has 23 heavy (non-hydrogen) atoms. The molecule has 1 saturated heterocycles. The molecule has 7 nitrogen and oxygen atoms in total. The third-order valence-electron chi connectivity index (χ3n) is 4.18. The van der Waals surface area contributed by atoms with Crippen LogP contribution < -0.4 is 10.6 Å². The van der Waals surface area contributed by atoms with Crippen molar-refractivity contribution in [1.82, 2.24) is 15.5 Å². The molecule has 0 bridgehead atoms. The first-order valence-electron chi connectivity index (χ1n) is 7.49. The van der Waals surface area contributed by atoms with E-state index < -0.39 is 10.0 Å². The quantitative estimate of drug-likeness (QED) is 0.732. The number of fused-ring (bicyclic) bond motifs is 1. The molecule has 0 aromatic rings. The number of amidine groups is 1. The Morgan fingerprint density at radius 2 is 2.26 bits per heavy atom. The summed E-state index contributed by atoms with van der Waals surface area (Å²) in [5.41, 5.74) is 0.309. The predicted octanol–water partition coefficient (Wildman–Crippen LogP) is 0.163. The summed E-state index contributed by atoms with van der Waals surface area (Å²) >= 11 is 0. The lowest BCUT2D eigenvalue weighted by atomic mass is 9.99. The predicted molar refractivity (Wildman–Crippen MR) is 91.0 cm³/mol. The summed E-state index contributed by atoms with van der Waals surface area (Å²) in [5, 5.41) is 6.32. The smallest absolute Gasteiger partial charge is 0.256 e.